The Morgan fingerprint density at radius 3 is 2.85 bits per heavy atom. The molecule has 13 heavy (non-hydrogen) atoms. The zero-order valence-corrected chi connectivity index (χ0v) is 8.81. The highest BCUT2D eigenvalue weighted by atomic mass is 32.2. The molecule has 1 saturated carbocycles. The molecule has 1 aliphatic rings. The molecule has 1 nitrogen and oxygen atoms in total. The van der Waals surface area contributed by atoms with Gasteiger partial charge in [0.05, 0.1) is 5.03 Å². The van der Waals surface area contributed by atoms with E-state index in [-0.39, 0.29) is 0 Å². The van der Waals surface area contributed by atoms with Gasteiger partial charge in [-0.25, -0.2) is 4.98 Å². The van der Waals surface area contributed by atoms with Crippen molar-refractivity contribution in [2.24, 2.45) is 5.92 Å². The Bertz CT molecular complexity index is 264. The number of pyridine rings is 1. The van der Waals surface area contributed by atoms with E-state index >= 15 is 0 Å². The number of aryl methyl sites for hydroxylation is 1. The molecule has 1 fully saturated rings. The Balaban J connectivity index is 1.83. The van der Waals surface area contributed by atoms with Crippen molar-refractivity contribution in [3.63, 3.8) is 0 Å². The van der Waals surface area contributed by atoms with E-state index in [2.05, 4.69) is 24.0 Å². The summed E-state index contributed by atoms with van der Waals surface area (Å²) in [7, 11) is 0. The fourth-order valence-corrected chi connectivity index (χ4v) is 2.43. The Morgan fingerprint density at radius 2 is 2.31 bits per heavy atom. The van der Waals surface area contributed by atoms with Crippen LogP contribution in [0.1, 0.15) is 24.8 Å². The molecule has 0 spiro atoms. The average Bonchev–Trinajstić information content (AvgIpc) is 2.05. The topological polar surface area (TPSA) is 12.9 Å². The molecule has 1 heterocycles. The van der Waals surface area contributed by atoms with Gasteiger partial charge in [-0.2, -0.15) is 0 Å². The van der Waals surface area contributed by atoms with E-state index in [0.29, 0.717) is 0 Å². The van der Waals surface area contributed by atoms with Crippen LogP contribution in [0.4, 0.5) is 0 Å². The Morgan fingerprint density at radius 1 is 1.46 bits per heavy atom. The zero-order valence-electron chi connectivity index (χ0n) is 7.99. The average molecular weight is 193 g/mol. The molecule has 0 bridgehead atoms. The van der Waals surface area contributed by atoms with Gasteiger partial charge in [0, 0.05) is 11.9 Å². The highest BCUT2D eigenvalue weighted by Crippen LogP contribution is 2.31. The van der Waals surface area contributed by atoms with Crippen molar-refractivity contribution in [2.45, 2.75) is 31.2 Å². The molecule has 1 aromatic heterocycles. The van der Waals surface area contributed by atoms with Gasteiger partial charge in [0.25, 0.3) is 0 Å². The molecule has 0 atom stereocenters. The zero-order chi connectivity index (χ0) is 9.10. The quantitative estimate of drug-likeness (QED) is 0.683. The third kappa shape index (κ3) is 2.47. The van der Waals surface area contributed by atoms with Gasteiger partial charge in [-0.1, -0.05) is 12.5 Å². The van der Waals surface area contributed by atoms with E-state index in [1.165, 1.54) is 35.6 Å². The van der Waals surface area contributed by atoms with Crippen LogP contribution >= 0.6 is 11.8 Å². The molecule has 0 aliphatic heterocycles. The summed E-state index contributed by atoms with van der Waals surface area (Å²) in [6.07, 6.45) is 6.24. The largest absolute Gasteiger partial charge is 0.250 e. The molecular weight excluding hydrogens is 178 g/mol. The standard InChI is InChI=1S/C11H15NS/c1-9-5-6-11(12-7-9)13-8-10-3-2-4-10/h5-7,10H,2-4,8H2,1H3. The second kappa shape index (κ2) is 4.14. The summed E-state index contributed by atoms with van der Waals surface area (Å²) in [5.74, 6) is 2.23. The first-order valence-electron chi connectivity index (χ1n) is 4.90. The fourth-order valence-electron chi connectivity index (χ4n) is 1.40. The molecule has 1 aromatic rings. The normalized spacial score (nSPS) is 17.0. The summed E-state index contributed by atoms with van der Waals surface area (Å²) in [4.78, 5) is 4.37. The molecular formula is C11H15NS. The minimum atomic E-state index is 0.966. The second-order valence-electron chi connectivity index (χ2n) is 3.78. The Labute approximate surface area is 84.0 Å². The van der Waals surface area contributed by atoms with Gasteiger partial charge in [-0.05, 0) is 37.3 Å². The van der Waals surface area contributed by atoms with Crippen LogP contribution in [0, 0.1) is 12.8 Å². The van der Waals surface area contributed by atoms with E-state index in [4.69, 9.17) is 0 Å². The summed E-state index contributed by atoms with van der Waals surface area (Å²) in [6.45, 7) is 2.08. The number of rotatable bonds is 3. The fraction of sp³-hybridized carbons (Fsp3) is 0.545. The first-order valence-corrected chi connectivity index (χ1v) is 5.88. The number of nitrogens with zero attached hydrogens (tertiary/aromatic N) is 1. The van der Waals surface area contributed by atoms with Crippen molar-refractivity contribution in [3.05, 3.63) is 23.9 Å². The Kier molecular flexibility index (Phi) is 2.89. The Hall–Kier alpha value is -0.500. The monoisotopic (exact) mass is 193 g/mol. The van der Waals surface area contributed by atoms with Crippen molar-refractivity contribution in [2.75, 3.05) is 5.75 Å². The number of thioether (sulfide) groups is 1. The molecule has 0 radical (unpaired) electrons. The minimum absolute atomic E-state index is 0.966. The number of hydrogen-bond donors (Lipinski definition) is 0. The lowest BCUT2D eigenvalue weighted by Gasteiger charge is -2.24. The summed E-state index contributed by atoms with van der Waals surface area (Å²) >= 11 is 1.90. The molecule has 0 aromatic carbocycles. The van der Waals surface area contributed by atoms with Gasteiger partial charge in [0.2, 0.25) is 0 Å². The van der Waals surface area contributed by atoms with Crippen LogP contribution in [0.3, 0.4) is 0 Å². The third-order valence-corrected chi connectivity index (χ3v) is 3.75. The lowest BCUT2D eigenvalue weighted by atomic mass is 9.87. The molecule has 2 heteroatoms. The summed E-state index contributed by atoms with van der Waals surface area (Å²) in [6, 6.07) is 4.26. The minimum Gasteiger partial charge on any atom is -0.250 e. The molecule has 2 rings (SSSR count). The number of aromatic nitrogens is 1. The van der Waals surface area contributed by atoms with Crippen LogP contribution in [-0.4, -0.2) is 10.7 Å². The van der Waals surface area contributed by atoms with Crippen molar-refractivity contribution < 1.29 is 0 Å². The lowest BCUT2D eigenvalue weighted by molar-refractivity contribution is 0.353. The summed E-state index contributed by atoms with van der Waals surface area (Å²) in [5.41, 5.74) is 1.24. The molecule has 0 amide bonds. The van der Waals surface area contributed by atoms with Crippen molar-refractivity contribution in [3.8, 4) is 0 Å². The van der Waals surface area contributed by atoms with Gasteiger partial charge in [0.1, 0.15) is 0 Å². The molecule has 1 aliphatic carbocycles. The van der Waals surface area contributed by atoms with Crippen molar-refractivity contribution in [1.29, 1.82) is 0 Å². The maximum Gasteiger partial charge on any atom is 0.0960 e. The lowest BCUT2D eigenvalue weighted by Crippen LogP contribution is -2.13. The molecule has 70 valence electrons. The van der Waals surface area contributed by atoms with E-state index in [0.717, 1.165) is 5.92 Å². The highest BCUT2D eigenvalue weighted by Gasteiger charge is 2.17. The van der Waals surface area contributed by atoms with Gasteiger partial charge in [-0.15, -0.1) is 11.8 Å². The number of hydrogen-bond acceptors (Lipinski definition) is 2. The van der Waals surface area contributed by atoms with Crippen molar-refractivity contribution >= 4 is 11.8 Å². The predicted molar refractivity (Wildman–Crippen MR) is 57.0 cm³/mol. The molecule has 0 saturated heterocycles. The maximum atomic E-state index is 4.37. The molecule has 0 unspecified atom stereocenters. The van der Waals surface area contributed by atoms with Gasteiger partial charge in [0.15, 0.2) is 0 Å². The third-order valence-electron chi connectivity index (χ3n) is 2.58. The van der Waals surface area contributed by atoms with E-state index < -0.39 is 0 Å². The summed E-state index contributed by atoms with van der Waals surface area (Å²) < 4.78 is 0. The van der Waals surface area contributed by atoms with Gasteiger partial charge in [-0.3, -0.25) is 0 Å². The second-order valence-corrected chi connectivity index (χ2v) is 4.82. The first-order chi connectivity index (χ1) is 6.34. The summed E-state index contributed by atoms with van der Waals surface area (Å²) in [5, 5.41) is 1.18. The first kappa shape index (κ1) is 9.07. The highest BCUT2D eigenvalue weighted by molar-refractivity contribution is 7.99. The van der Waals surface area contributed by atoms with Crippen LogP contribution in [0.15, 0.2) is 23.4 Å². The van der Waals surface area contributed by atoms with Gasteiger partial charge < -0.3 is 0 Å². The maximum absolute atomic E-state index is 4.37. The predicted octanol–water partition coefficient (Wildman–Crippen LogP) is 3.28. The van der Waals surface area contributed by atoms with E-state index in [9.17, 15) is 0 Å². The van der Waals surface area contributed by atoms with Crippen LogP contribution < -0.4 is 0 Å². The van der Waals surface area contributed by atoms with E-state index in [1.54, 1.807) is 0 Å². The van der Waals surface area contributed by atoms with Crippen LogP contribution in [0.5, 0.6) is 0 Å². The van der Waals surface area contributed by atoms with Crippen LogP contribution in [-0.2, 0) is 0 Å². The molecule has 0 N–H and O–H groups in total. The van der Waals surface area contributed by atoms with Crippen LogP contribution in [0.25, 0.3) is 0 Å². The smallest absolute Gasteiger partial charge is 0.0960 e. The van der Waals surface area contributed by atoms with Crippen molar-refractivity contribution in [1.82, 2.24) is 4.98 Å². The van der Waals surface area contributed by atoms with E-state index in [1.807, 2.05) is 18.0 Å². The van der Waals surface area contributed by atoms with Gasteiger partial charge >= 0.3 is 0 Å². The van der Waals surface area contributed by atoms with Crippen LogP contribution in [0.2, 0.25) is 0 Å². The SMILES string of the molecule is Cc1ccc(SCC2CCC2)nc1.